The lowest BCUT2D eigenvalue weighted by Crippen LogP contribution is -2.16. The number of benzene rings is 2. The lowest BCUT2D eigenvalue weighted by Gasteiger charge is -2.11. The van der Waals surface area contributed by atoms with Crippen molar-refractivity contribution in [3.05, 3.63) is 99.2 Å². The molecule has 0 aliphatic heterocycles. The number of ether oxygens (including phenoxy) is 3. The summed E-state index contributed by atoms with van der Waals surface area (Å²) in [7, 11) is 0. The van der Waals surface area contributed by atoms with E-state index in [4.69, 9.17) is 18.6 Å². The first-order chi connectivity index (χ1) is 19.7. The van der Waals surface area contributed by atoms with E-state index in [-0.39, 0.29) is 36.0 Å². The molecule has 0 aliphatic carbocycles. The molecule has 12 heteroatoms. The molecule has 212 valence electrons. The van der Waals surface area contributed by atoms with Crippen LogP contribution in [-0.2, 0) is 11.4 Å². The van der Waals surface area contributed by atoms with Gasteiger partial charge in [0.1, 0.15) is 18.1 Å². The zero-order valence-corrected chi connectivity index (χ0v) is 22.9. The van der Waals surface area contributed by atoms with Crippen LogP contribution in [0.1, 0.15) is 47.1 Å². The molecule has 0 fully saturated rings. The van der Waals surface area contributed by atoms with Crippen LogP contribution in [0, 0.1) is 24.0 Å². The van der Waals surface area contributed by atoms with Gasteiger partial charge in [-0.2, -0.15) is 5.10 Å². The van der Waals surface area contributed by atoms with Gasteiger partial charge in [0, 0.05) is 35.6 Å². The van der Waals surface area contributed by atoms with Crippen LogP contribution in [0.2, 0.25) is 0 Å². The number of nitrogens with zero attached hydrogens (tertiary/aromatic N) is 3. The molecule has 0 aliphatic rings. The normalized spacial score (nSPS) is 10.9. The molecule has 0 spiro atoms. The highest BCUT2D eigenvalue weighted by molar-refractivity contribution is 5.92. The average molecular weight is 561 g/mol. The number of nitro groups is 1. The molecule has 1 N–H and O–H groups in total. The number of hydrogen-bond acceptors (Lipinski definition) is 9. The van der Waals surface area contributed by atoms with Gasteiger partial charge >= 0.3 is 17.6 Å². The van der Waals surface area contributed by atoms with Gasteiger partial charge in [0.05, 0.1) is 17.7 Å². The van der Waals surface area contributed by atoms with Crippen LogP contribution < -0.4 is 19.6 Å². The van der Waals surface area contributed by atoms with Crippen molar-refractivity contribution in [3.63, 3.8) is 0 Å². The third-order valence-corrected chi connectivity index (χ3v) is 5.81. The summed E-state index contributed by atoms with van der Waals surface area (Å²) >= 11 is 0. The maximum Gasteiger partial charge on any atom is 0.316 e. The molecule has 0 atom stereocenters. The third-order valence-electron chi connectivity index (χ3n) is 5.81. The van der Waals surface area contributed by atoms with Gasteiger partial charge in [-0.1, -0.05) is 0 Å². The Hall–Kier alpha value is -5.39. The van der Waals surface area contributed by atoms with E-state index in [9.17, 15) is 19.7 Å². The molecule has 1 amide bonds. The topological polar surface area (TPSA) is 147 Å². The SMILES string of the molecule is CCOc1cc(/C=N/NC(=O)c2ccc(COc3ccc(-n4c(C)ccc4C)cc3)o2)cc([N+](=O)[O-])c1OC(C)=O. The Morgan fingerprint density at radius 1 is 1.05 bits per heavy atom. The van der Waals surface area contributed by atoms with E-state index in [2.05, 4.69) is 27.2 Å². The molecule has 2 aromatic heterocycles. The van der Waals surface area contributed by atoms with Gasteiger partial charge in [-0.3, -0.25) is 19.7 Å². The van der Waals surface area contributed by atoms with E-state index in [0.717, 1.165) is 30.1 Å². The van der Waals surface area contributed by atoms with Gasteiger partial charge in [-0.25, -0.2) is 5.43 Å². The Morgan fingerprint density at radius 2 is 1.76 bits per heavy atom. The van der Waals surface area contributed by atoms with Gasteiger partial charge in [0.25, 0.3) is 0 Å². The molecule has 2 heterocycles. The lowest BCUT2D eigenvalue weighted by molar-refractivity contribution is -0.385. The molecule has 2 aromatic carbocycles. The second-order valence-electron chi connectivity index (χ2n) is 8.85. The number of hydrazone groups is 1. The van der Waals surface area contributed by atoms with Crippen molar-refractivity contribution in [1.82, 2.24) is 9.99 Å². The van der Waals surface area contributed by atoms with Crippen molar-refractivity contribution in [1.29, 1.82) is 0 Å². The molecule has 0 bridgehead atoms. The summed E-state index contributed by atoms with van der Waals surface area (Å²) in [5.74, 6) is -0.613. The fraction of sp³-hybridized carbons (Fsp3) is 0.207. The van der Waals surface area contributed by atoms with E-state index >= 15 is 0 Å². The number of aryl methyl sites for hydroxylation is 2. The first kappa shape index (κ1) is 28.6. The van der Waals surface area contributed by atoms with Gasteiger partial charge < -0.3 is 23.2 Å². The number of carbonyl (C=O) groups excluding carboxylic acids is 2. The van der Waals surface area contributed by atoms with E-state index in [1.165, 1.54) is 18.3 Å². The summed E-state index contributed by atoms with van der Waals surface area (Å²) in [4.78, 5) is 34.7. The zero-order valence-electron chi connectivity index (χ0n) is 22.9. The van der Waals surface area contributed by atoms with Crippen LogP contribution in [-0.4, -0.2) is 34.2 Å². The van der Waals surface area contributed by atoms with Crippen LogP contribution in [0.15, 0.2) is 70.2 Å². The van der Waals surface area contributed by atoms with Crippen LogP contribution in [0.4, 0.5) is 5.69 Å². The maximum absolute atomic E-state index is 12.5. The molecular formula is C29H28N4O8. The summed E-state index contributed by atoms with van der Waals surface area (Å²) in [6.07, 6.45) is 1.19. The standard InChI is InChI=1S/C29H28N4O8/c1-5-38-27-15-21(14-25(33(36)37)28(27)40-20(4)34)16-30-31-29(35)26-13-12-24(41-26)17-39-23-10-8-22(9-11-23)32-18(2)6-7-19(32)3/h6-16H,5,17H2,1-4H3,(H,31,35)/b30-16+. The number of nitrogens with one attached hydrogen (secondary N) is 1. The summed E-state index contributed by atoms with van der Waals surface area (Å²) in [5, 5.41) is 15.4. The molecule has 4 rings (SSSR count). The quantitative estimate of drug-likeness (QED) is 0.0859. The zero-order chi connectivity index (χ0) is 29.5. The fourth-order valence-electron chi connectivity index (χ4n) is 4.05. The van der Waals surface area contributed by atoms with Gasteiger partial charge in [-0.05, 0) is 75.4 Å². The molecule has 4 aromatic rings. The highest BCUT2D eigenvalue weighted by Crippen LogP contribution is 2.38. The van der Waals surface area contributed by atoms with Crippen LogP contribution in [0.5, 0.6) is 17.2 Å². The van der Waals surface area contributed by atoms with Crippen molar-refractivity contribution >= 4 is 23.8 Å². The molecular weight excluding hydrogens is 532 g/mol. The number of hydrogen-bond donors (Lipinski definition) is 1. The van der Waals surface area contributed by atoms with Gasteiger partial charge in [-0.15, -0.1) is 0 Å². The number of amides is 1. The highest BCUT2D eigenvalue weighted by atomic mass is 16.6. The van der Waals surface area contributed by atoms with E-state index in [1.54, 1.807) is 13.0 Å². The van der Waals surface area contributed by atoms with E-state index in [0.29, 0.717) is 11.5 Å². The van der Waals surface area contributed by atoms with E-state index < -0.39 is 22.5 Å². The minimum absolute atomic E-state index is 0.000785. The summed E-state index contributed by atoms with van der Waals surface area (Å²) in [6.45, 7) is 7.17. The smallest absolute Gasteiger partial charge is 0.316 e. The monoisotopic (exact) mass is 560 g/mol. The number of nitro benzene ring substituents is 1. The van der Waals surface area contributed by atoms with Crippen molar-refractivity contribution in [2.45, 2.75) is 34.3 Å². The molecule has 12 nitrogen and oxygen atoms in total. The number of carbonyl (C=O) groups is 2. The van der Waals surface area contributed by atoms with Crippen molar-refractivity contribution in [3.8, 4) is 22.9 Å². The predicted octanol–water partition coefficient (Wildman–Crippen LogP) is 5.26. The van der Waals surface area contributed by atoms with Gasteiger partial charge in [0.2, 0.25) is 5.75 Å². The Balaban J connectivity index is 1.37. The van der Waals surface area contributed by atoms with Crippen molar-refractivity contribution < 1.29 is 33.1 Å². The number of rotatable bonds is 11. The molecule has 0 saturated heterocycles. The van der Waals surface area contributed by atoms with Crippen LogP contribution >= 0.6 is 0 Å². The average Bonchev–Trinajstić information content (AvgIpc) is 3.55. The predicted molar refractivity (Wildman–Crippen MR) is 149 cm³/mol. The van der Waals surface area contributed by atoms with Crippen molar-refractivity contribution in [2.24, 2.45) is 5.10 Å². The fourth-order valence-corrected chi connectivity index (χ4v) is 4.05. The summed E-state index contributed by atoms with van der Waals surface area (Å²) in [6, 6.07) is 17.4. The van der Waals surface area contributed by atoms with Crippen LogP contribution in [0.3, 0.4) is 0 Å². The molecule has 0 radical (unpaired) electrons. The Kier molecular flexibility index (Phi) is 8.82. The Labute approximate surface area is 235 Å². The Bertz CT molecular complexity index is 1580. The number of esters is 1. The van der Waals surface area contributed by atoms with Crippen molar-refractivity contribution in [2.75, 3.05) is 6.61 Å². The summed E-state index contributed by atoms with van der Waals surface area (Å²) in [5.41, 5.74) is 5.35. The Morgan fingerprint density at radius 3 is 2.39 bits per heavy atom. The maximum atomic E-state index is 12.5. The highest BCUT2D eigenvalue weighted by Gasteiger charge is 2.24. The molecule has 0 unspecified atom stereocenters. The van der Waals surface area contributed by atoms with Gasteiger partial charge in [0.15, 0.2) is 11.5 Å². The number of furan rings is 1. The van der Waals surface area contributed by atoms with E-state index in [1.807, 2.05) is 38.1 Å². The lowest BCUT2D eigenvalue weighted by atomic mass is 10.2. The summed E-state index contributed by atoms with van der Waals surface area (Å²) < 4.78 is 23.9. The first-order valence-electron chi connectivity index (χ1n) is 12.6. The first-order valence-corrected chi connectivity index (χ1v) is 12.6. The minimum atomic E-state index is -0.734. The molecule has 0 saturated carbocycles. The third kappa shape index (κ3) is 6.98. The second kappa shape index (κ2) is 12.6. The minimum Gasteiger partial charge on any atom is -0.490 e. The largest absolute Gasteiger partial charge is 0.490 e. The molecule has 41 heavy (non-hydrogen) atoms. The van der Waals surface area contributed by atoms with Crippen LogP contribution in [0.25, 0.3) is 5.69 Å². The number of aromatic nitrogens is 1. The second-order valence-corrected chi connectivity index (χ2v) is 8.85.